The third-order valence-electron chi connectivity index (χ3n) is 2.73. The Morgan fingerprint density at radius 1 is 1.48 bits per heavy atom. The number of ether oxygens (including phenoxy) is 1. The Balaban J connectivity index is 3.22. The van der Waals surface area contributed by atoms with E-state index >= 15 is 0 Å². The predicted octanol–water partition coefficient (Wildman–Crippen LogP) is 1.37. The van der Waals surface area contributed by atoms with E-state index in [2.05, 4.69) is 9.46 Å². The van der Waals surface area contributed by atoms with Gasteiger partial charge in [0.15, 0.2) is 0 Å². The van der Waals surface area contributed by atoms with Crippen molar-refractivity contribution >= 4 is 33.3 Å². The molecular weight excluding hydrogens is 318 g/mol. The molecule has 0 aliphatic rings. The van der Waals surface area contributed by atoms with Crippen LogP contribution >= 0.6 is 11.3 Å². The number of thiophene rings is 1. The molecule has 1 atom stereocenters. The number of hydrogen-bond acceptors (Lipinski definition) is 6. The standard InChI is InChI=1S/C12H17NO6S2/c1-4-5-8(11(14)15)13-21(17,18)10-7(2)6-20-9(10)12(16)19-3/h6,8,13H,4-5H2,1-3H3,(H,14,15). The van der Waals surface area contributed by atoms with E-state index in [1.54, 1.807) is 6.92 Å². The highest BCUT2D eigenvalue weighted by molar-refractivity contribution is 7.89. The number of carboxylic acids is 1. The van der Waals surface area contributed by atoms with Crippen molar-refractivity contribution in [1.29, 1.82) is 0 Å². The van der Waals surface area contributed by atoms with Crippen molar-refractivity contribution in [3.8, 4) is 0 Å². The maximum absolute atomic E-state index is 12.4. The lowest BCUT2D eigenvalue weighted by molar-refractivity contribution is -0.139. The smallest absolute Gasteiger partial charge is 0.349 e. The Bertz CT molecular complexity index is 634. The largest absolute Gasteiger partial charge is 0.480 e. The van der Waals surface area contributed by atoms with E-state index in [0.717, 1.165) is 18.4 Å². The molecular formula is C12H17NO6S2. The summed E-state index contributed by atoms with van der Waals surface area (Å²) in [5.41, 5.74) is 0.369. The van der Waals surface area contributed by atoms with Gasteiger partial charge < -0.3 is 9.84 Å². The van der Waals surface area contributed by atoms with Gasteiger partial charge in [0.2, 0.25) is 10.0 Å². The summed E-state index contributed by atoms with van der Waals surface area (Å²) in [6.45, 7) is 3.28. The van der Waals surface area contributed by atoms with Crippen molar-refractivity contribution in [3.63, 3.8) is 0 Å². The monoisotopic (exact) mass is 335 g/mol. The molecule has 0 aromatic carbocycles. The molecule has 1 aromatic rings. The molecule has 0 amide bonds. The first kappa shape index (κ1) is 17.6. The van der Waals surface area contributed by atoms with E-state index in [-0.39, 0.29) is 16.2 Å². The fourth-order valence-corrected chi connectivity index (χ4v) is 4.70. The highest BCUT2D eigenvalue weighted by atomic mass is 32.2. The minimum Gasteiger partial charge on any atom is -0.480 e. The van der Waals surface area contributed by atoms with Gasteiger partial charge >= 0.3 is 11.9 Å². The number of aryl methyl sites for hydroxylation is 1. The van der Waals surface area contributed by atoms with Gasteiger partial charge in [-0.1, -0.05) is 13.3 Å². The topological polar surface area (TPSA) is 110 Å². The molecule has 0 spiro atoms. The van der Waals surface area contributed by atoms with Crippen molar-refractivity contribution in [2.24, 2.45) is 0 Å². The summed E-state index contributed by atoms with van der Waals surface area (Å²) in [5.74, 6) is -2.02. The van der Waals surface area contributed by atoms with Gasteiger partial charge in [-0.15, -0.1) is 11.3 Å². The summed E-state index contributed by atoms with van der Waals surface area (Å²) in [4.78, 5) is 22.4. The predicted molar refractivity (Wildman–Crippen MR) is 77.0 cm³/mol. The summed E-state index contributed by atoms with van der Waals surface area (Å²) < 4.78 is 31.4. The van der Waals surface area contributed by atoms with Gasteiger partial charge in [-0.25, -0.2) is 13.2 Å². The summed E-state index contributed by atoms with van der Waals surface area (Å²) >= 11 is 0.943. The number of nitrogens with one attached hydrogen (secondary N) is 1. The molecule has 0 aliphatic carbocycles. The van der Waals surface area contributed by atoms with Crippen LogP contribution in [0.1, 0.15) is 35.0 Å². The third kappa shape index (κ3) is 4.02. The Morgan fingerprint density at radius 2 is 2.10 bits per heavy atom. The number of rotatable bonds is 7. The van der Waals surface area contributed by atoms with Crippen LogP contribution < -0.4 is 4.72 Å². The van der Waals surface area contributed by atoms with Crippen LogP contribution in [-0.2, 0) is 19.6 Å². The Hall–Kier alpha value is -1.45. The molecule has 21 heavy (non-hydrogen) atoms. The number of carbonyl (C=O) groups is 2. The van der Waals surface area contributed by atoms with Crippen LogP contribution in [0.25, 0.3) is 0 Å². The van der Waals surface area contributed by atoms with Crippen LogP contribution in [0.4, 0.5) is 0 Å². The van der Waals surface area contributed by atoms with Crippen LogP contribution in [0, 0.1) is 6.92 Å². The summed E-state index contributed by atoms with van der Waals surface area (Å²) in [6.07, 6.45) is 0.664. The van der Waals surface area contributed by atoms with Gasteiger partial charge in [0.1, 0.15) is 15.8 Å². The van der Waals surface area contributed by atoms with E-state index in [9.17, 15) is 18.0 Å². The van der Waals surface area contributed by atoms with Gasteiger partial charge in [-0.2, -0.15) is 4.72 Å². The number of methoxy groups -OCH3 is 1. The number of hydrogen-bond donors (Lipinski definition) is 2. The van der Waals surface area contributed by atoms with Gasteiger partial charge in [0, 0.05) is 0 Å². The molecule has 9 heteroatoms. The highest BCUT2D eigenvalue weighted by Gasteiger charge is 2.31. The Kier molecular flexibility index (Phi) is 5.87. The summed E-state index contributed by atoms with van der Waals surface area (Å²) in [7, 11) is -2.97. The lowest BCUT2D eigenvalue weighted by Crippen LogP contribution is -2.41. The fourth-order valence-electron chi connectivity index (χ4n) is 1.77. The van der Waals surface area contributed by atoms with Crippen LogP contribution in [0.3, 0.4) is 0 Å². The van der Waals surface area contributed by atoms with Gasteiger partial charge in [0.25, 0.3) is 0 Å². The van der Waals surface area contributed by atoms with Crippen LogP contribution in [0.2, 0.25) is 0 Å². The first-order valence-corrected chi connectivity index (χ1v) is 8.52. The molecule has 7 nitrogen and oxygen atoms in total. The second kappa shape index (κ2) is 7.01. The molecule has 1 aromatic heterocycles. The molecule has 0 fully saturated rings. The molecule has 118 valence electrons. The van der Waals surface area contributed by atoms with Gasteiger partial charge in [-0.3, -0.25) is 4.79 Å². The molecule has 0 saturated carbocycles. The molecule has 1 heterocycles. The van der Waals surface area contributed by atoms with E-state index in [4.69, 9.17) is 5.11 Å². The van der Waals surface area contributed by atoms with Crippen LogP contribution in [0.5, 0.6) is 0 Å². The molecule has 0 radical (unpaired) electrons. The zero-order chi connectivity index (χ0) is 16.2. The first-order chi connectivity index (χ1) is 9.74. The van der Waals surface area contributed by atoms with Crippen molar-refractivity contribution in [3.05, 3.63) is 15.8 Å². The number of aliphatic carboxylic acids is 1. The first-order valence-electron chi connectivity index (χ1n) is 6.16. The third-order valence-corrected chi connectivity index (χ3v) is 5.60. The quantitative estimate of drug-likeness (QED) is 0.728. The second-order valence-electron chi connectivity index (χ2n) is 4.37. The van der Waals surface area contributed by atoms with E-state index < -0.39 is 28.0 Å². The van der Waals surface area contributed by atoms with E-state index in [1.807, 2.05) is 0 Å². The highest BCUT2D eigenvalue weighted by Crippen LogP contribution is 2.27. The van der Waals surface area contributed by atoms with Crippen molar-refractivity contribution in [2.75, 3.05) is 7.11 Å². The molecule has 0 bridgehead atoms. The number of esters is 1. The van der Waals surface area contributed by atoms with Crippen LogP contribution in [0.15, 0.2) is 10.3 Å². The number of carboxylic acid groups (broad SMARTS) is 1. The maximum Gasteiger partial charge on any atom is 0.349 e. The molecule has 1 unspecified atom stereocenters. The van der Waals surface area contributed by atoms with Crippen molar-refractivity contribution < 1.29 is 27.9 Å². The maximum atomic E-state index is 12.4. The molecule has 0 saturated heterocycles. The molecule has 2 N–H and O–H groups in total. The average molecular weight is 335 g/mol. The fraction of sp³-hybridized carbons (Fsp3) is 0.500. The summed E-state index contributed by atoms with van der Waals surface area (Å²) in [5, 5.41) is 10.6. The number of sulfonamides is 1. The Morgan fingerprint density at radius 3 is 2.57 bits per heavy atom. The zero-order valence-corrected chi connectivity index (χ0v) is 13.5. The van der Waals surface area contributed by atoms with Gasteiger partial charge in [-0.05, 0) is 24.3 Å². The zero-order valence-electron chi connectivity index (χ0n) is 11.9. The normalized spacial score (nSPS) is 12.9. The molecule has 1 rings (SSSR count). The van der Waals surface area contributed by atoms with E-state index in [1.165, 1.54) is 12.3 Å². The van der Waals surface area contributed by atoms with E-state index in [0.29, 0.717) is 12.0 Å². The van der Waals surface area contributed by atoms with Crippen LogP contribution in [-0.4, -0.2) is 38.6 Å². The Labute approximate surface area is 127 Å². The minimum absolute atomic E-state index is 0.0665. The van der Waals surface area contributed by atoms with Gasteiger partial charge in [0.05, 0.1) is 7.11 Å². The molecule has 0 aliphatic heterocycles. The SMILES string of the molecule is CCCC(NS(=O)(=O)c1c(C)csc1C(=O)OC)C(=O)O. The minimum atomic E-state index is -4.12. The lowest BCUT2D eigenvalue weighted by atomic mass is 10.2. The number of carbonyl (C=O) groups excluding carboxylic acids is 1. The average Bonchev–Trinajstić information content (AvgIpc) is 2.79. The van der Waals surface area contributed by atoms with Crippen molar-refractivity contribution in [2.45, 2.75) is 37.6 Å². The van der Waals surface area contributed by atoms with Crippen molar-refractivity contribution in [1.82, 2.24) is 4.72 Å². The second-order valence-corrected chi connectivity index (χ2v) is 6.90. The lowest BCUT2D eigenvalue weighted by Gasteiger charge is -2.14. The summed E-state index contributed by atoms with van der Waals surface area (Å²) in [6, 6.07) is -1.23.